The van der Waals surface area contributed by atoms with E-state index in [9.17, 15) is 10.2 Å². The normalized spacial score (nSPS) is 41.6. The second kappa shape index (κ2) is 8.15. The van der Waals surface area contributed by atoms with Crippen LogP contribution in [0.25, 0.3) is 0 Å². The van der Waals surface area contributed by atoms with Crippen molar-refractivity contribution in [1.82, 2.24) is 0 Å². The minimum Gasteiger partial charge on any atom is -0.393 e. The van der Waals surface area contributed by atoms with Gasteiger partial charge in [0.25, 0.3) is 0 Å². The van der Waals surface area contributed by atoms with Crippen LogP contribution < -0.4 is 0 Å². The van der Waals surface area contributed by atoms with Gasteiger partial charge in [-0.15, -0.1) is 0 Å². The van der Waals surface area contributed by atoms with Crippen LogP contribution in [0.15, 0.2) is 0 Å². The average molecular weight is 311 g/mol. The van der Waals surface area contributed by atoms with Gasteiger partial charge in [-0.3, -0.25) is 0 Å². The maximum atomic E-state index is 10.4. The topological polar surface area (TPSA) is 40.5 Å². The monoisotopic (exact) mass is 310 g/mol. The lowest BCUT2D eigenvalue weighted by Crippen LogP contribution is -2.34. The molecule has 7 unspecified atom stereocenters. The van der Waals surface area contributed by atoms with E-state index in [2.05, 4.69) is 27.7 Å². The SMILES string of the molecule is CC1CCC(C(C)CCC2CCC(C(C)C)C(O)C2)C(O)C1. The average Bonchev–Trinajstić information content (AvgIpc) is 2.44. The van der Waals surface area contributed by atoms with Crippen molar-refractivity contribution < 1.29 is 10.2 Å². The third-order valence-electron chi connectivity index (χ3n) is 6.73. The first-order chi connectivity index (χ1) is 10.4. The molecule has 22 heavy (non-hydrogen) atoms. The Morgan fingerprint density at radius 3 is 2.09 bits per heavy atom. The molecule has 2 saturated carbocycles. The summed E-state index contributed by atoms with van der Waals surface area (Å²) in [6.45, 7) is 9.07. The largest absolute Gasteiger partial charge is 0.393 e. The van der Waals surface area contributed by atoms with Crippen molar-refractivity contribution in [2.45, 2.75) is 91.3 Å². The number of rotatable bonds is 5. The summed E-state index contributed by atoms with van der Waals surface area (Å²) in [5.41, 5.74) is 0. The fourth-order valence-corrected chi connectivity index (χ4v) is 5.05. The van der Waals surface area contributed by atoms with Gasteiger partial charge >= 0.3 is 0 Å². The maximum Gasteiger partial charge on any atom is 0.0573 e. The van der Waals surface area contributed by atoms with Gasteiger partial charge in [-0.25, -0.2) is 0 Å². The highest BCUT2D eigenvalue weighted by atomic mass is 16.3. The highest BCUT2D eigenvalue weighted by Crippen LogP contribution is 2.39. The Bertz CT molecular complexity index is 328. The van der Waals surface area contributed by atoms with Crippen LogP contribution in [0.5, 0.6) is 0 Å². The Balaban J connectivity index is 1.74. The standard InChI is InChI=1S/C20H38O2/c1-13(2)17-10-8-16(12-20(17)22)7-6-15(4)18-9-5-14(3)11-19(18)21/h13-22H,5-12H2,1-4H3. The summed E-state index contributed by atoms with van der Waals surface area (Å²) in [6.07, 6.45) is 9.25. The maximum absolute atomic E-state index is 10.4. The lowest BCUT2D eigenvalue weighted by molar-refractivity contribution is 0.00769. The van der Waals surface area contributed by atoms with Gasteiger partial charge in [0.1, 0.15) is 0 Å². The van der Waals surface area contributed by atoms with Crippen LogP contribution in [0.3, 0.4) is 0 Å². The first kappa shape index (κ1) is 18.3. The van der Waals surface area contributed by atoms with Gasteiger partial charge in [0.05, 0.1) is 12.2 Å². The van der Waals surface area contributed by atoms with Crippen LogP contribution in [0.4, 0.5) is 0 Å². The fourth-order valence-electron chi connectivity index (χ4n) is 5.05. The molecule has 0 aromatic rings. The number of hydrogen-bond acceptors (Lipinski definition) is 2. The Labute approximate surface area is 137 Å². The molecule has 2 nitrogen and oxygen atoms in total. The van der Waals surface area contributed by atoms with E-state index in [-0.39, 0.29) is 12.2 Å². The summed E-state index contributed by atoms with van der Waals surface area (Å²) >= 11 is 0. The van der Waals surface area contributed by atoms with E-state index >= 15 is 0 Å². The number of aliphatic hydroxyl groups excluding tert-OH is 2. The Morgan fingerprint density at radius 2 is 1.50 bits per heavy atom. The molecule has 0 radical (unpaired) electrons. The van der Waals surface area contributed by atoms with E-state index < -0.39 is 0 Å². The molecule has 7 atom stereocenters. The van der Waals surface area contributed by atoms with Crippen molar-refractivity contribution in [1.29, 1.82) is 0 Å². The molecule has 0 saturated heterocycles. The van der Waals surface area contributed by atoms with Crippen molar-refractivity contribution >= 4 is 0 Å². The van der Waals surface area contributed by atoms with Crippen LogP contribution in [-0.2, 0) is 0 Å². The van der Waals surface area contributed by atoms with Crippen molar-refractivity contribution in [2.75, 3.05) is 0 Å². The number of aliphatic hydroxyl groups is 2. The summed E-state index contributed by atoms with van der Waals surface area (Å²) in [7, 11) is 0. The van der Waals surface area contributed by atoms with Gasteiger partial charge in [-0.2, -0.15) is 0 Å². The molecule has 0 aromatic heterocycles. The van der Waals surface area contributed by atoms with Gasteiger partial charge in [-0.05, 0) is 67.6 Å². The van der Waals surface area contributed by atoms with E-state index in [1.54, 1.807) is 0 Å². The Morgan fingerprint density at radius 1 is 0.864 bits per heavy atom. The molecule has 2 aliphatic rings. The Hall–Kier alpha value is -0.0800. The summed E-state index contributed by atoms with van der Waals surface area (Å²) < 4.78 is 0. The molecule has 2 N–H and O–H groups in total. The zero-order chi connectivity index (χ0) is 16.3. The van der Waals surface area contributed by atoms with Gasteiger partial charge in [0.15, 0.2) is 0 Å². The van der Waals surface area contributed by atoms with Crippen molar-refractivity contribution in [3.05, 3.63) is 0 Å². The molecular weight excluding hydrogens is 272 g/mol. The molecule has 2 heteroatoms. The molecule has 2 rings (SSSR count). The quantitative estimate of drug-likeness (QED) is 0.777. The van der Waals surface area contributed by atoms with Crippen LogP contribution in [0, 0.1) is 35.5 Å². The molecular formula is C20H38O2. The molecule has 2 fully saturated rings. The second-order valence-corrected chi connectivity index (χ2v) is 8.86. The smallest absolute Gasteiger partial charge is 0.0573 e. The van der Waals surface area contributed by atoms with E-state index in [0.717, 1.165) is 12.8 Å². The van der Waals surface area contributed by atoms with Gasteiger partial charge in [0, 0.05) is 0 Å². The van der Waals surface area contributed by atoms with E-state index in [1.807, 2.05) is 0 Å². The molecule has 130 valence electrons. The summed E-state index contributed by atoms with van der Waals surface area (Å²) in [4.78, 5) is 0. The minimum atomic E-state index is -0.0878. The lowest BCUT2D eigenvalue weighted by Gasteiger charge is -2.38. The molecule has 2 aliphatic carbocycles. The molecule has 0 heterocycles. The second-order valence-electron chi connectivity index (χ2n) is 8.86. The van der Waals surface area contributed by atoms with Crippen LogP contribution >= 0.6 is 0 Å². The number of hydrogen-bond donors (Lipinski definition) is 2. The lowest BCUT2D eigenvalue weighted by atomic mass is 9.70. The zero-order valence-corrected chi connectivity index (χ0v) is 15.2. The molecule has 0 aliphatic heterocycles. The third-order valence-corrected chi connectivity index (χ3v) is 6.73. The van der Waals surface area contributed by atoms with E-state index in [0.29, 0.717) is 35.5 Å². The van der Waals surface area contributed by atoms with Gasteiger partial charge in [0.2, 0.25) is 0 Å². The highest BCUT2D eigenvalue weighted by Gasteiger charge is 2.33. The van der Waals surface area contributed by atoms with Crippen LogP contribution in [0.2, 0.25) is 0 Å². The van der Waals surface area contributed by atoms with Crippen LogP contribution in [-0.4, -0.2) is 22.4 Å². The molecule has 0 aromatic carbocycles. The molecule has 0 amide bonds. The van der Waals surface area contributed by atoms with Crippen molar-refractivity contribution in [3.8, 4) is 0 Å². The first-order valence-electron chi connectivity index (χ1n) is 9.74. The fraction of sp³-hybridized carbons (Fsp3) is 1.00. The minimum absolute atomic E-state index is 0.0824. The van der Waals surface area contributed by atoms with E-state index in [1.165, 1.54) is 38.5 Å². The zero-order valence-electron chi connectivity index (χ0n) is 15.2. The van der Waals surface area contributed by atoms with E-state index in [4.69, 9.17) is 0 Å². The summed E-state index contributed by atoms with van der Waals surface area (Å²) in [6, 6.07) is 0. The van der Waals surface area contributed by atoms with Crippen LogP contribution in [0.1, 0.15) is 79.1 Å². The van der Waals surface area contributed by atoms with Gasteiger partial charge in [-0.1, -0.05) is 47.0 Å². The predicted octanol–water partition coefficient (Wildman–Crippen LogP) is 4.63. The van der Waals surface area contributed by atoms with Gasteiger partial charge < -0.3 is 10.2 Å². The summed E-state index contributed by atoms with van der Waals surface area (Å²) in [5.74, 6) is 3.65. The van der Waals surface area contributed by atoms with Crippen molar-refractivity contribution in [2.24, 2.45) is 35.5 Å². The summed E-state index contributed by atoms with van der Waals surface area (Å²) in [5, 5.41) is 20.7. The molecule has 0 bridgehead atoms. The predicted molar refractivity (Wildman–Crippen MR) is 92.6 cm³/mol. The van der Waals surface area contributed by atoms with Crippen molar-refractivity contribution in [3.63, 3.8) is 0 Å². The third kappa shape index (κ3) is 4.71. The molecule has 0 spiro atoms. The first-order valence-corrected chi connectivity index (χ1v) is 9.74. The highest BCUT2D eigenvalue weighted by molar-refractivity contribution is 4.84. The Kier molecular flexibility index (Phi) is 6.76.